The maximum atomic E-state index is 5.94. The summed E-state index contributed by atoms with van der Waals surface area (Å²) in [5.41, 5.74) is 0.848. The first kappa shape index (κ1) is 12.9. The molecular formula is C14H14ClN5. The number of aromatic nitrogens is 4. The van der Waals surface area contributed by atoms with Crippen LogP contribution in [0.5, 0.6) is 0 Å². The summed E-state index contributed by atoms with van der Waals surface area (Å²) in [6, 6.07) is 7.82. The zero-order valence-electron chi connectivity index (χ0n) is 10.8. The van der Waals surface area contributed by atoms with E-state index in [9.17, 15) is 0 Å². The van der Waals surface area contributed by atoms with E-state index >= 15 is 0 Å². The Morgan fingerprint density at radius 3 is 2.95 bits per heavy atom. The summed E-state index contributed by atoms with van der Waals surface area (Å²) in [5, 5.41) is 4.56. The van der Waals surface area contributed by atoms with Gasteiger partial charge in [-0.05, 0) is 30.2 Å². The zero-order chi connectivity index (χ0) is 13.8. The third-order valence-electron chi connectivity index (χ3n) is 3.01. The summed E-state index contributed by atoms with van der Waals surface area (Å²) < 4.78 is 0. The molecule has 0 fully saturated rings. The molecule has 0 radical (unpaired) electrons. The molecule has 0 aliphatic heterocycles. The molecule has 2 aromatic heterocycles. The number of aromatic amines is 1. The fraction of sp³-hybridized carbons (Fsp3) is 0.214. The Balaban J connectivity index is 1.68. The molecule has 2 N–H and O–H groups in total. The number of hydrogen-bond acceptors (Lipinski definition) is 4. The van der Waals surface area contributed by atoms with Crippen LogP contribution in [0.3, 0.4) is 0 Å². The lowest BCUT2D eigenvalue weighted by molar-refractivity contribution is 0.814. The Labute approximate surface area is 121 Å². The molecule has 3 rings (SSSR count). The van der Waals surface area contributed by atoms with Gasteiger partial charge in [-0.3, -0.25) is 0 Å². The quantitative estimate of drug-likeness (QED) is 0.559. The summed E-state index contributed by atoms with van der Waals surface area (Å²) in [6.07, 6.45) is 5.46. The first-order valence-corrected chi connectivity index (χ1v) is 6.85. The lowest BCUT2D eigenvalue weighted by Gasteiger charge is -2.08. The minimum Gasteiger partial charge on any atom is -0.369 e. The zero-order valence-corrected chi connectivity index (χ0v) is 11.6. The highest BCUT2D eigenvalue weighted by atomic mass is 35.5. The Bertz CT molecular complexity index is 696. The molecule has 3 aromatic rings. The molecule has 6 heteroatoms. The second kappa shape index (κ2) is 5.88. The van der Waals surface area contributed by atoms with Crippen molar-refractivity contribution < 1.29 is 0 Å². The lowest BCUT2D eigenvalue weighted by Crippen LogP contribution is -2.06. The summed E-state index contributed by atoms with van der Waals surface area (Å²) in [5.74, 6) is 1.78. The molecule has 0 saturated carbocycles. The highest BCUT2D eigenvalue weighted by Crippen LogP contribution is 2.21. The standard InChI is InChI=1S/C14H14ClN5/c15-14-19-11-5-2-1-4-10(11)13(20-14)18-7-3-6-12-16-8-9-17-12/h1-2,4-5,8-9H,3,6-7H2,(H,16,17)(H,18,19,20). The van der Waals surface area contributed by atoms with E-state index in [0.717, 1.165) is 41.9 Å². The number of aryl methyl sites for hydroxylation is 1. The molecule has 5 nitrogen and oxygen atoms in total. The highest BCUT2D eigenvalue weighted by molar-refractivity contribution is 6.28. The Morgan fingerprint density at radius 2 is 2.10 bits per heavy atom. The molecule has 102 valence electrons. The number of anilines is 1. The predicted octanol–water partition coefficient (Wildman–Crippen LogP) is 3.05. The summed E-state index contributed by atoms with van der Waals surface area (Å²) in [7, 11) is 0. The number of hydrogen-bond donors (Lipinski definition) is 2. The van der Waals surface area contributed by atoms with E-state index in [1.165, 1.54) is 0 Å². The molecule has 2 heterocycles. The van der Waals surface area contributed by atoms with Crippen LogP contribution in [0.4, 0.5) is 5.82 Å². The van der Waals surface area contributed by atoms with E-state index in [1.807, 2.05) is 30.5 Å². The van der Waals surface area contributed by atoms with Gasteiger partial charge >= 0.3 is 0 Å². The van der Waals surface area contributed by atoms with E-state index in [-0.39, 0.29) is 5.28 Å². The summed E-state index contributed by atoms with van der Waals surface area (Å²) >= 11 is 5.94. The number of nitrogens with zero attached hydrogens (tertiary/aromatic N) is 3. The first-order chi connectivity index (χ1) is 9.83. The minimum absolute atomic E-state index is 0.261. The van der Waals surface area contributed by atoms with E-state index < -0.39 is 0 Å². The number of rotatable bonds is 5. The van der Waals surface area contributed by atoms with Gasteiger partial charge in [0, 0.05) is 30.7 Å². The van der Waals surface area contributed by atoms with Crippen molar-refractivity contribution in [1.82, 2.24) is 19.9 Å². The van der Waals surface area contributed by atoms with Crippen molar-refractivity contribution in [1.29, 1.82) is 0 Å². The van der Waals surface area contributed by atoms with E-state index in [4.69, 9.17) is 11.6 Å². The van der Waals surface area contributed by atoms with E-state index in [1.54, 1.807) is 6.20 Å². The van der Waals surface area contributed by atoms with Crippen molar-refractivity contribution in [3.05, 3.63) is 47.8 Å². The van der Waals surface area contributed by atoms with Crippen LogP contribution >= 0.6 is 11.6 Å². The van der Waals surface area contributed by atoms with Gasteiger partial charge in [0.05, 0.1) is 5.52 Å². The number of nitrogens with one attached hydrogen (secondary N) is 2. The summed E-state index contributed by atoms with van der Waals surface area (Å²) in [4.78, 5) is 15.7. The van der Waals surface area contributed by atoms with Gasteiger partial charge in [0.2, 0.25) is 5.28 Å². The molecule has 0 atom stereocenters. The third kappa shape index (κ3) is 2.88. The van der Waals surface area contributed by atoms with Crippen LogP contribution < -0.4 is 5.32 Å². The largest absolute Gasteiger partial charge is 0.369 e. The monoisotopic (exact) mass is 287 g/mol. The Hall–Kier alpha value is -2.14. The molecule has 0 unspecified atom stereocenters. The van der Waals surface area contributed by atoms with Gasteiger partial charge in [-0.25, -0.2) is 15.0 Å². The Kier molecular flexibility index (Phi) is 3.78. The van der Waals surface area contributed by atoms with Crippen molar-refractivity contribution >= 4 is 28.3 Å². The fourth-order valence-corrected chi connectivity index (χ4v) is 2.26. The van der Waals surface area contributed by atoms with Crippen molar-refractivity contribution in [2.45, 2.75) is 12.8 Å². The molecule has 0 bridgehead atoms. The van der Waals surface area contributed by atoms with E-state index in [0.29, 0.717) is 0 Å². The second-order valence-electron chi connectivity index (χ2n) is 4.42. The number of halogens is 1. The van der Waals surface area contributed by atoms with Gasteiger partial charge in [0.15, 0.2) is 0 Å². The number of fused-ring (bicyclic) bond motifs is 1. The fourth-order valence-electron chi connectivity index (χ4n) is 2.08. The van der Waals surface area contributed by atoms with Crippen molar-refractivity contribution in [3.8, 4) is 0 Å². The van der Waals surface area contributed by atoms with Crippen LogP contribution in [-0.4, -0.2) is 26.5 Å². The SMILES string of the molecule is Clc1nc(NCCCc2ncc[nH]2)c2ccccc2n1. The summed E-state index contributed by atoms with van der Waals surface area (Å²) in [6.45, 7) is 0.804. The normalized spacial score (nSPS) is 10.8. The van der Waals surface area contributed by atoms with Crippen molar-refractivity contribution in [3.63, 3.8) is 0 Å². The molecule has 0 saturated heterocycles. The van der Waals surface area contributed by atoms with Crippen LogP contribution in [0.25, 0.3) is 10.9 Å². The lowest BCUT2D eigenvalue weighted by atomic mass is 10.2. The number of para-hydroxylation sites is 1. The van der Waals surface area contributed by atoms with Gasteiger partial charge in [-0.15, -0.1) is 0 Å². The van der Waals surface area contributed by atoms with E-state index in [2.05, 4.69) is 25.3 Å². The van der Waals surface area contributed by atoms with Gasteiger partial charge in [0.1, 0.15) is 11.6 Å². The maximum absolute atomic E-state index is 5.94. The topological polar surface area (TPSA) is 66.5 Å². The predicted molar refractivity (Wildman–Crippen MR) is 79.9 cm³/mol. The molecule has 0 aliphatic rings. The average Bonchev–Trinajstić information content (AvgIpc) is 2.96. The number of benzene rings is 1. The van der Waals surface area contributed by atoms with Gasteiger partial charge < -0.3 is 10.3 Å². The molecule has 0 amide bonds. The van der Waals surface area contributed by atoms with Gasteiger partial charge in [0.25, 0.3) is 0 Å². The number of imidazole rings is 1. The van der Waals surface area contributed by atoms with Crippen LogP contribution in [-0.2, 0) is 6.42 Å². The Morgan fingerprint density at radius 1 is 1.20 bits per heavy atom. The molecule has 0 spiro atoms. The molecular weight excluding hydrogens is 274 g/mol. The molecule has 0 aliphatic carbocycles. The number of H-pyrrole nitrogens is 1. The highest BCUT2D eigenvalue weighted by Gasteiger charge is 2.05. The first-order valence-electron chi connectivity index (χ1n) is 6.47. The van der Waals surface area contributed by atoms with Crippen LogP contribution in [0, 0.1) is 0 Å². The van der Waals surface area contributed by atoms with Crippen LogP contribution in [0.2, 0.25) is 5.28 Å². The molecule has 20 heavy (non-hydrogen) atoms. The molecule has 1 aromatic carbocycles. The van der Waals surface area contributed by atoms with Gasteiger partial charge in [-0.1, -0.05) is 12.1 Å². The second-order valence-corrected chi connectivity index (χ2v) is 4.76. The smallest absolute Gasteiger partial charge is 0.224 e. The van der Waals surface area contributed by atoms with Crippen molar-refractivity contribution in [2.75, 3.05) is 11.9 Å². The maximum Gasteiger partial charge on any atom is 0.224 e. The third-order valence-corrected chi connectivity index (χ3v) is 3.18. The van der Waals surface area contributed by atoms with Crippen molar-refractivity contribution in [2.24, 2.45) is 0 Å². The average molecular weight is 288 g/mol. The van der Waals surface area contributed by atoms with Gasteiger partial charge in [-0.2, -0.15) is 0 Å². The van der Waals surface area contributed by atoms with Crippen LogP contribution in [0.15, 0.2) is 36.7 Å². The minimum atomic E-state index is 0.261. The van der Waals surface area contributed by atoms with Crippen LogP contribution in [0.1, 0.15) is 12.2 Å².